The lowest BCUT2D eigenvalue weighted by Gasteiger charge is -2.16. The second-order valence-corrected chi connectivity index (χ2v) is 3.52. The third kappa shape index (κ3) is 2.97. The van der Waals surface area contributed by atoms with Gasteiger partial charge in [-0.1, -0.05) is 0 Å². The number of ether oxygens (including phenoxy) is 1. The lowest BCUT2D eigenvalue weighted by molar-refractivity contribution is -0.135. The van der Waals surface area contributed by atoms with Crippen LogP contribution in [0.4, 0.5) is 0 Å². The smallest absolute Gasteiger partial charge is 0.262 e. The van der Waals surface area contributed by atoms with E-state index in [1.165, 1.54) is 4.90 Å². The highest BCUT2D eigenvalue weighted by atomic mass is 16.5. The molecule has 1 atom stereocenters. The first kappa shape index (κ1) is 11.6. The summed E-state index contributed by atoms with van der Waals surface area (Å²) in [6.07, 6.45) is 2.91. The van der Waals surface area contributed by atoms with E-state index in [0.717, 1.165) is 6.54 Å². The maximum atomic E-state index is 11.5. The summed E-state index contributed by atoms with van der Waals surface area (Å²) in [6.45, 7) is 4.51. The van der Waals surface area contributed by atoms with Crippen LogP contribution in [0.25, 0.3) is 0 Å². The number of carbonyl (C=O) groups excluding carboxylic acids is 1. The van der Waals surface area contributed by atoms with Gasteiger partial charge in [-0.05, 0) is 13.8 Å². The summed E-state index contributed by atoms with van der Waals surface area (Å²) in [5.74, 6) is 0.568. The second-order valence-electron chi connectivity index (χ2n) is 3.52. The summed E-state index contributed by atoms with van der Waals surface area (Å²) in [5.41, 5.74) is 0. The first-order chi connectivity index (χ1) is 7.04. The molecule has 15 heavy (non-hydrogen) atoms. The van der Waals surface area contributed by atoms with Gasteiger partial charge in [0.2, 0.25) is 0 Å². The van der Waals surface area contributed by atoms with E-state index in [1.807, 2.05) is 6.92 Å². The van der Waals surface area contributed by atoms with Gasteiger partial charge >= 0.3 is 0 Å². The summed E-state index contributed by atoms with van der Waals surface area (Å²) in [5, 5.41) is 4.06. The fraction of sp³-hybridized carbons (Fsp3) is 0.600. The molecule has 1 rings (SSSR count). The number of hydrogen-bond donors (Lipinski definition) is 0. The van der Waals surface area contributed by atoms with Gasteiger partial charge in [0, 0.05) is 20.6 Å². The van der Waals surface area contributed by atoms with Crippen molar-refractivity contribution < 1.29 is 9.53 Å². The quantitative estimate of drug-likeness (QED) is 0.738. The van der Waals surface area contributed by atoms with Crippen LogP contribution in [0, 0.1) is 0 Å². The van der Waals surface area contributed by atoms with Crippen LogP contribution in [0.15, 0.2) is 12.4 Å². The van der Waals surface area contributed by atoms with Crippen molar-refractivity contribution >= 4 is 5.91 Å². The molecule has 1 unspecified atom stereocenters. The average Bonchev–Trinajstić information content (AvgIpc) is 2.64. The van der Waals surface area contributed by atoms with E-state index >= 15 is 0 Å². The van der Waals surface area contributed by atoms with Gasteiger partial charge in [-0.3, -0.25) is 9.48 Å². The number of amides is 1. The zero-order valence-corrected chi connectivity index (χ0v) is 9.60. The third-order valence-electron chi connectivity index (χ3n) is 2.03. The highest BCUT2D eigenvalue weighted by Gasteiger charge is 2.16. The van der Waals surface area contributed by atoms with Crippen molar-refractivity contribution in [2.75, 3.05) is 14.1 Å². The number of nitrogens with zero attached hydrogens (tertiary/aromatic N) is 3. The van der Waals surface area contributed by atoms with Crippen molar-refractivity contribution in [3.63, 3.8) is 0 Å². The van der Waals surface area contributed by atoms with Crippen LogP contribution in [-0.2, 0) is 11.3 Å². The Morgan fingerprint density at radius 1 is 1.67 bits per heavy atom. The van der Waals surface area contributed by atoms with Crippen LogP contribution < -0.4 is 4.74 Å². The Morgan fingerprint density at radius 3 is 2.80 bits per heavy atom. The monoisotopic (exact) mass is 211 g/mol. The van der Waals surface area contributed by atoms with Crippen LogP contribution in [-0.4, -0.2) is 40.8 Å². The molecule has 5 nitrogen and oxygen atoms in total. The molecule has 1 amide bonds. The van der Waals surface area contributed by atoms with Crippen LogP contribution in [0.5, 0.6) is 5.75 Å². The summed E-state index contributed by atoms with van der Waals surface area (Å²) >= 11 is 0. The van der Waals surface area contributed by atoms with Crippen LogP contribution in [0.2, 0.25) is 0 Å². The Kier molecular flexibility index (Phi) is 3.71. The zero-order valence-electron chi connectivity index (χ0n) is 9.60. The van der Waals surface area contributed by atoms with Crippen LogP contribution >= 0.6 is 0 Å². The van der Waals surface area contributed by atoms with Crippen molar-refractivity contribution in [3.8, 4) is 5.75 Å². The number of carbonyl (C=O) groups is 1. The normalized spacial score (nSPS) is 12.3. The van der Waals surface area contributed by atoms with Gasteiger partial charge in [0.05, 0.1) is 12.4 Å². The first-order valence-electron chi connectivity index (χ1n) is 4.95. The maximum absolute atomic E-state index is 11.5. The summed E-state index contributed by atoms with van der Waals surface area (Å²) in [7, 11) is 3.41. The van der Waals surface area contributed by atoms with Crippen molar-refractivity contribution in [1.82, 2.24) is 14.7 Å². The van der Waals surface area contributed by atoms with Crippen LogP contribution in [0.3, 0.4) is 0 Å². The Hall–Kier alpha value is -1.52. The largest absolute Gasteiger partial charge is 0.478 e. The SMILES string of the molecule is CCn1cc(OC(C)C(=O)N(C)C)cn1. The molecular weight excluding hydrogens is 194 g/mol. The lowest BCUT2D eigenvalue weighted by Crippen LogP contribution is -2.35. The number of aromatic nitrogens is 2. The topological polar surface area (TPSA) is 47.4 Å². The second kappa shape index (κ2) is 4.82. The molecule has 0 radical (unpaired) electrons. The number of hydrogen-bond acceptors (Lipinski definition) is 3. The van der Waals surface area contributed by atoms with Gasteiger partial charge in [0.1, 0.15) is 0 Å². The molecule has 1 aromatic heterocycles. The predicted molar refractivity (Wildman–Crippen MR) is 56.7 cm³/mol. The van der Waals surface area contributed by atoms with Gasteiger partial charge in [-0.2, -0.15) is 5.10 Å². The standard InChI is InChI=1S/C10H17N3O2/c1-5-13-7-9(6-11-13)15-8(2)10(14)12(3)4/h6-8H,5H2,1-4H3. The number of likely N-dealkylation sites (N-methyl/N-ethyl adjacent to an activating group) is 1. The molecule has 0 spiro atoms. The fourth-order valence-electron chi connectivity index (χ4n) is 1.20. The summed E-state index contributed by atoms with van der Waals surface area (Å²) in [6, 6.07) is 0. The molecule has 84 valence electrons. The van der Waals surface area contributed by atoms with Crippen molar-refractivity contribution in [2.45, 2.75) is 26.5 Å². The Labute approximate surface area is 89.6 Å². The lowest BCUT2D eigenvalue weighted by atomic mass is 10.3. The molecule has 0 saturated carbocycles. The molecule has 1 aromatic rings. The van der Waals surface area contributed by atoms with Crippen molar-refractivity contribution in [2.24, 2.45) is 0 Å². The van der Waals surface area contributed by atoms with E-state index in [0.29, 0.717) is 5.75 Å². The third-order valence-corrected chi connectivity index (χ3v) is 2.03. The molecule has 0 fully saturated rings. The first-order valence-corrected chi connectivity index (χ1v) is 4.95. The van der Waals surface area contributed by atoms with Gasteiger partial charge in [-0.25, -0.2) is 0 Å². The average molecular weight is 211 g/mol. The molecule has 0 aromatic carbocycles. The Balaban J connectivity index is 2.58. The minimum absolute atomic E-state index is 0.0563. The Bertz CT molecular complexity index is 333. The minimum atomic E-state index is -0.477. The van der Waals surface area contributed by atoms with Crippen LogP contribution in [0.1, 0.15) is 13.8 Å². The molecule has 0 N–H and O–H groups in total. The predicted octanol–water partition coefficient (Wildman–Crippen LogP) is 0.758. The molecular formula is C10H17N3O2. The number of aryl methyl sites for hydroxylation is 1. The van der Waals surface area contributed by atoms with E-state index in [1.54, 1.807) is 38.1 Å². The van der Waals surface area contributed by atoms with Gasteiger partial charge in [-0.15, -0.1) is 0 Å². The molecule has 5 heteroatoms. The van der Waals surface area contributed by atoms with Crippen molar-refractivity contribution in [1.29, 1.82) is 0 Å². The molecule has 0 bridgehead atoms. The van der Waals surface area contributed by atoms with Gasteiger partial charge < -0.3 is 9.64 Å². The van der Waals surface area contributed by atoms with E-state index in [4.69, 9.17) is 4.74 Å². The van der Waals surface area contributed by atoms with Gasteiger partial charge in [0.15, 0.2) is 11.9 Å². The van der Waals surface area contributed by atoms with E-state index in [-0.39, 0.29) is 5.91 Å². The van der Waals surface area contributed by atoms with E-state index in [2.05, 4.69) is 5.10 Å². The Morgan fingerprint density at radius 2 is 2.33 bits per heavy atom. The van der Waals surface area contributed by atoms with Gasteiger partial charge in [0.25, 0.3) is 5.91 Å². The number of rotatable bonds is 4. The summed E-state index contributed by atoms with van der Waals surface area (Å²) < 4.78 is 7.20. The fourth-order valence-corrected chi connectivity index (χ4v) is 1.20. The maximum Gasteiger partial charge on any atom is 0.262 e. The summed E-state index contributed by atoms with van der Waals surface area (Å²) in [4.78, 5) is 13.0. The van der Waals surface area contributed by atoms with Crippen molar-refractivity contribution in [3.05, 3.63) is 12.4 Å². The molecule has 1 heterocycles. The molecule has 0 saturated heterocycles. The minimum Gasteiger partial charge on any atom is -0.478 e. The highest BCUT2D eigenvalue weighted by Crippen LogP contribution is 2.11. The molecule has 0 aliphatic carbocycles. The zero-order chi connectivity index (χ0) is 11.4. The van der Waals surface area contributed by atoms with E-state index < -0.39 is 6.10 Å². The van der Waals surface area contributed by atoms with E-state index in [9.17, 15) is 4.79 Å². The highest BCUT2D eigenvalue weighted by molar-refractivity contribution is 5.80. The molecule has 0 aliphatic heterocycles. The molecule has 0 aliphatic rings.